The van der Waals surface area contributed by atoms with Gasteiger partial charge in [-0.2, -0.15) is 0 Å². The zero-order chi connectivity index (χ0) is 13.2. The van der Waals surface area contributed by atoms with E-state index < -0.39 is 0 Å². The molecule has 0 saturated heterocycles. The van der Waals surface area contributed by atoms with Crippen LogP contribution >= 0.6 is 27.3 Å². The van der Waals surface area contributed by atoms with E-state index in [2.05, 4.69) is 73.4 Å². The Kier molecular flexibility index (Phi) is 3.68. The lowest BCUT2D eigenvalue weighted by Gasteiger charge is -2.05. The molecule has 0 radical (unpaired) electrons. The summed E-state index contributed by atoms with van der Waals surface area (Å²) in [6.07, 6.45) is 2.08. The fraction of sp³-hybridized carbons (Fsp3) is 0.214. The Hall–Kier alpha value is -1.17. The minimum absolute atomic E-state index is 0.833. The number of hydrogen-bond acceptors (Lipinski definition) is 3. The van der Waals surface area contributed by atoms with Crippen molar-refractivity contribution < 1.29 is 0 Å². The normalized spacial score (nSPS) is 11.3. The molecular weight excluding hydrogens is 322 g/mol. The molecule has 0 saturated carbocycles. The molecule has 3 aromatic rings. The summed E-state index contributed by atoms with van der Waals surface area (Å²) in [6, 6.07) is 8.39. The molecule has 0 atom stereocenters. The molecule has 3 rings (SSSR count). The third kappa shape index (κ3) is 2.73. The minimum atomic E-state index is 0.833. The highest BCUT2D eigenvalue weighted by Gasteiger charge is 2.08. The summed E-state index contributed by atoms with van der Waals surface area (Å²) in [4.78, 5) is 5.61. The summed E-state index contributed by atoms with van der Waals surface area (Å²) in [5.41, 5.74) is 3.63. The van der Waals surface area contributed by atoms with Crippen LogP contribution in [-0.2, 0) is 13.1 Å². The highest BCUT2D eigenvalue weighted by molar-refractivity contribution is 9.10. The Morgan fingerprint density at radius 2 is 2.05 bits per heavy atom. The van der Waals surface area contributed by atoms with Crippen molar-refractivity contribution in [3.05, 3.63) is 57.3 Å². The maximum Gasteiger partial charge on any atom is 0.194 e. The topological polar surface area (TPSA) is 29.3 Å². The minimum Gasteiger partial charge on any atom is -0.307 e. The Bertz CT molecular complexity index is 684. The highest BCUT2D eigenvalue weighted by Crippen LogP contribution is 2.16. The smallest absolute Gasteiger partial charge is 0.194 e. The van der Waals surface area contributed by atoms with Gasteiger partial charge in [0.25, 0.3) is 0 Å². The molecule has 1 N–H and O–H groups in total. The molecule has 3 nitrogen and oxygen atoms in total. The zero-order valence-electron chi connectivity index (χ0n) is 10.6. The van der Waals surface area contributed by atoms with Crippen LogP contribution in [0.25, 0.3) is 4.96 Å². The number of imidazole rings is 1. The Morgan fingerprint density at radius 3 is 2.84 bits per heavy atom. The number of nitrogens with zero attached hydrogens (tertiary/aromatic N) is 2. The number of halogens is 1. The van der Waals surface area contributed by atoms with Gasteiger partial charge in [-0.15, -0.1) is 11.3 Å². The fourth-order valence-corrected chi connectivity index (χ4v) is 3.12. The molecule has 5 heteroatoms. The maximum absolute atomic E-state index is 4.55. The van der Waals surface area contributed by atoms with Gasteiger partial charge in [-0.05, 0) is 24.6 Å². The molecule has 19 heavy (non-hydrogen) atoms. The van der Waals surface area contributed by atoms with Crippen LogP contribution in [0.5, 0.6) is 0 Å². The molecule has 0 amide bonds. The summed E-state index contributed by atoms with van der Waals surface area (Å²) in [5, 5.41) is 5.54. The van der Waals surface area contributed by atoms with Crippen molar-refractivity contribution in [2.24, 2.45) is 0 Å². The molecule has 0 bridgehead atoms. The SMILES string of the molecule is Cc1nc2sccn2c1CNCc1ccc(Br)cc1. The number of thiazole rings is 1. The molecule has 98 valence electrons. The first kappa shape index (κ1) is 12.8. The van der Waals surface area contributed by atoms with E-state index in [0.717, 1.165) is 28.2 Å². The molecule has 1 aromatic carbocycles. The third-order valence-electron chi connectivity index (χ3n) is 3.10. The lowest BCUT2D eigenvalue weighted by Crippen LogP contribution is -2.14. The molecular formula is C14H14BrN3S. The van der Waals surface area contributed by atoms with Gasteiger partial charge < -0.3 is 5.32 Å². The van der Waals surface area contributed by atoms with Gasteiger partial charge in [-0.25, -0.2) is 4.98 Å². The van der Waals surface area contributed by atoms with E-state index in [0.29, 0.717) is 0 Å². The van der Waals surface area contributed by atoms with Crippen LogP contribution < -0.4 is 5.32 Å². The number of aromatic nitrogens is 2. The molecule has 0 aliphatic carbocycles. The average Bonchev–Trinajstić information content (AvgIpc) is 2.94. The quantitative estimate of drug-likeness (QED) is 0.786. The summed E-state index contributed by atoms with van der Waals surface area (Å²) in [7, 11) is 0. The van der Waals surface area contributed by atoms with E-state index in [1.807, 2.05) is 0 Å². The van der Waals surface area contributed by atoms with E-state index in [1.165, 1.54) is 11.3 Å². The molecule has 0 fully saturated rings. The van der Waals surface area contributed by atoms with Gasteiger partial charge in [0, 0.05) is 29.1 Å². The number of aryl methyl sites for hydroxylation is 1. The summed E-state index contributed by atoms with van der Waals surface area (Å²) in [6.45, 7) is 3.76. The van der Waals surface area contributed by atoms with Crippen LogP contribution in [-0.4, -0.2) is 9.38 Å². The second kappa shape index (κ2) is 5.45. The number of hydrogen-bond donors (Lipinski definition) is 1. The van der Waals surface area contributed by atoms with Crippen molar-refractivity contribution in [1.29, 1.82) is 0 Å². The van der Waals surface area contributed by atoms with Crippen molar-refractivity contribution >= 4 is 32.2 Å². The van der Waals surface area contributed by atoms with Gasteiger partial charge in [0.2, 0.25) is 0 Å². The molecule has 0 aliphatic heterocycles. The second-order valence-electron chi connectivity index (χ2n) is 4.43. The number of nitrogens with one attached hydrogen (secondary N) is 1. The maximum atomic E-state index is 4.55. The molecule has 0 unspecified atom stereocenters. The first-order valence-electron chi connectivity index (χ1n) is 6.10. The third-order valence-corrected chi connectivity index (χ3v) is 4.38. The number of rotatable bonds is 4. The summed E-state index contributed by atoms with van der Waals surface area (Å²) < 4.78 is 3.28. The molecule has 0 aliphatic rings. The van der Waals surface area contributed by atoms with Gasteiger partial charge in [-0.3, -0.25) is 4.40 Å². The largest absolute Gasteiger partial charge is 0.307 e. The Labute approximate surface area is 124 Å². The van der Waals surface area contributed by atoms with Crippen LogP contribution in [0, 0.1) is 6.92 Å². The average molecular weight is 336 g/mol. The van der Waals surface area contributed by atoms with Gasteiger partial charge in [0.05, 0.1) is 11.4 Å². The summed E-state index contributed by atoms with van der Waals surface area (Å²) >= 11 is 5.12. The van der Waals surface area contributed by atoms with Gasteiger partial charge >= 0.3 is 0 Å². The zero-order valence-corrected chi connectivity index (χ0v) is 13.0. The predicted octanol–water partition coefficient (Wildman–Crippen LogP) is 3.76. The van der Waals surface area contributed by atoms with Gasteiger partial charge in [0.1, 0.15) is 0 Å². The van der Waals surface area contributed by atoms with Crippen molar-refractivity contribution in [2.45, 2.75) is 20.0 Å². The van der Waals surface area contributed by atoms with Crippen LogP contribution in [0.3, 0.4) is 0 Å². The second-order valence-corrected chi connectivity index (χ2v) is 6.22. The van der Waals surface area contributed by atoms with Crippen molar-refractivity contribution in [2.75, 3.05) is 0 Å². The van der Waals surface area contributed by atoms with E-state index in [9.17, 15) is 0 Å². The predicted molar refractivity (Wildman–Crippen MR) is 82.5 cm³/mol. The Morgan fingerprint density at radius 1 is 1.26 bits per heavy atom. The summed E-state index contributed by atoms with van der Waals surface area (Å²) in [5.74, 6) is 0. The Balaban J connectivity index is 1.67. The van der Waals surface area contributed by atoms with Gasteiger partial charge in [0.15, 0.2) is 4.96 Å². The van der Waals surface area contributed by atoms with Crippen molar-refractivity contribution in [3.63, 3.8) is 0 Å². The van der Waals surface area contributed by atoms with Crippen LogP contribution in [0.2, 0.25) is 0 Å². The lowest BCUT2D eigenvalue weighted by molar-refractivity contribution is 0.672. The lowest BCUT2D eigenvalue weighted by atomic mass is 10.2. The first-order valence-corrected chi connectivity index (χ1v) is 7.77. The van der Waals surface area contributed by atoms with E-state index in [4.69, 9.17) is 0 Å². The standard InChI is InChI=1S/C14H14BrN3S/c1-10-13(18-6-7-19-14(18)17-10)9-16-8-11-2-4-12(15)5-3-11/h2-7,16H,8-9H2,1H3. The van der Waals surface area contributed by atoms with Crippen LogP contribution in [0.1, 0.15) is 17.0 Å². The molecule has 2 heterocycles. The molecule has 2 aromatic heterocycles. The first-order chi connectivity index (χ1) is 9.24. The van der Waals surface area contributed by atoms with Crippen molar-refractivity contribution in [3.8, 4) is 0 Å². The monoisotopic (exact) mass is 335 g/mol. The highest BCUT2D eigenvalue weighted by atomic mass is 79.9. The van der Waals surface area contributed by atoms with E-state index in [1.54, 1.807) is 11.3 Å². The molecule has 0 spiro atoms. The van der Waals surface area contributed by atoms with Gasteiger partial charge in [-0.1, -0.05) is 28.1 Å². The number of benzene rings is 1. The number of fused-ring (bicyclic) bond motifs is 1. The fourth-order valence-electron chi connectivity index (χ4n) is 2.08. The van der Waals surface area contributed by atoms with E-state index >= 15 is 0 Å². The van der Waals surface area contributed by atoms with Crippen molar-refractivity contribution in [1.82, 2.24) is 14.7 Å². The van der Waals surface area contributed by atoms with Crippen LogP contribution in [0.15, 0.2) is 40.3 Å². The van der Waals surface area contributed by atoms with E-state index in [-0.39, 0.29) is 0 Å². The van der Waals surface area contributed by atoms with Crippen LogP contribution in [0.4, 0.5) is 0 Å².